The Hall–Kier alpha value is -1.63. The van der Waals surface area contributed by atoms with Gasteiger partial charge in [0, 0.05) is 13.1 Å². The van der Waals surface area contributed by atoms with Gasteiger partial charge in [-0.05, 0) is 18.9 Å². The van der Waals surface area contributed by atoms with Gasteiger partial charge in [0.15, 0.2) is 0 Å². The molecule has 1 spiro atoms. The van der Waals surface area contributed by atoms with E-state index in [4.69, 9.17) is 0 Å². The van der Waals surface area contributed by atoms with Crippen LogP contribution in [0.15, 0.2) is 0 Å². The number of hydrogen-bond donors (Lipinski definition) is 3. The molecule has 4 amide bonds. The molecule has 3 aliphatic rings. The van der Waals surface area contributed by atoms with Crippen LogP contribution in [0.1, 0.15) is 13.3 Å². The number of carbonyl (C=O) groups is 3. The lowest BCUT2D eigenvalue weighted by molar-refractivity contribution is -0.135. The lowest BCUT2D eigenvalue weighted by atomic mass is 9.96. The van der Waals surface area contributed by atoms with Gasteiger partial charge in [0.2, 0.25) is 5.91 Å². The van der Waals surface area contributed by atoms with Crippen molar-refractivity contribution in [3.05, 3.63) is 0 Å². The summed E-state index contributed by atoms with van der Waals surface area (Å²) < 4.78 is 0. The van der Waals surface area contributed by atoms with Crippen molar-refractivity contribution in [2.75, 3.05) is 26.2 Å². The van der Waals surface area contributed by atoms with Gasteiger partial charge in [-0.15, -0.1) is 0 Å². The number of carbonyl (C=O) groups excluding carboxylic acids is 3. The quantitative estimate of drug-likeness (QED) is 0.512. The molecule has 7 nitrogen and oxygen atoms in total. The summed E-state index contributed by atoms with van der Waals surface area (Å²) in [5, 5.41) is 8.11. The highest BCUT2D eigenvalue weighted by Gasteiger charge is 2.52. The van der Waals surface area contributed by atoms with Gasteiger partial charge in [0.25, 0.3) is 5.91 Å². The molecule has 0 aromatic heterocycles. The first-order valence-electron chi connectivity index (χ1n) is 6.65. The smallest absolute Gasteiger partial charge is 0.322 e. The van der Waals surface area contributed by atoms with E-state index in [-0.39, 0.29) is 24.3 Å². The highest BCUT2D eigenvalue weighted by atomic mass is 16.2. The Balaban J connectivity index is 1.70. The van der Waals surface area contributed by atoms with Crippen LogP contribution < -0.4 is 16.0 Å². The van der Waals surface area contributed by atoms with Gasteiger partial charge in [-0.2, -0.15) is 0 Å². The Morgan fingerprint density at radius 2 is 2.16 bits per heavy atom. The standard InChI is InChI=1S/C12H18N4O3/c1-7-4-13-5-8(7)9(17)16-3-2-12(6-16)10(18)14-11(19)15-12/h7-8,13H,2-6H2,1H3,(H2,14,15,18,19). The predicted octanol–water partition coefficient (Wildman–Crippen LogP) is -1.35. The molecule has 3 fully saturated rings. The highest BCUT2D eigenvalue weighted by Crippen LogP contribution is 2.28. The summed E-state index contributed by atoms with van der Waals surface area (Å²) in [7, 11) is 0. The van der Waals surface area contributed by atoms with Crippen molar-refractivity contribution in [3.8, 4) is 0 Å². The van der Waals surface area contributed by atoms with E-state index in [1.807, 2.05) is 0 Å². The minimum Gasteiger partial charge on any atom is -0.339 e. The van der Waals surface area contributed by atoms with Crippen molar-refractivity contribution >= 4 is 17.8 Å². The number of rotatable bonds is 1. The van der Waals surface area contributed by atoms with Gasteiger partial charge in [-0.1, -0.05) is 6.92 Å². The molecule has 0 bridgehead atoms. The highest BCUT2D eigenvalue weighted by molar-refractivity contribution is 6.07. The summed E-state index contributed by atoms with van der Waals surface area (Å²) in [5.74, 6) is 0.0695. The maximum absolute atomic E-state index is 12.4. The topological polar surface area (TPSA) is 90.5 Å². The van der Waals surface area contributed by atoms with Gasteiger partial charge in [-0.3, -0.25) is 14.9 Å². The van der Waals surface area contributed by atoms with Crippen LogP contribution in [0.25, 0.3) is 0 Å². The second-order valence-electron chi connectivity index (χ2n) is 5.74. The molecule has 19 heavy (non-hydrogen) atoms. The molecule has 3 heterocycles. The average molecular weight is 266 g/mol. The molecule has 3 rings (SSSR count). The lowest BCUT2D eigenvalue weighted by Crippen LogP contribution is -2.50. The normalized spacial score (nSPS) is 37.8. The molecular formula is C12H18N4O3. The Morgan fingerprint density at radius 1 is 1.37 bits per heavy atom. The van der Waals surface area contributed by atoms with E-state index in [2.05, 4.69) is 22.9 Å². The van der Waals surface area contributed by atoms with Gasteiger partial charge in [0.05, 0.1) is 12.5 Å². The van der Waals surface area contributed by atoms with E-state index in [1.165, 1.54) is 0 Å². The number of hydrogen-bond acceptors (Lipinski definition) is 4. The third-order valence-corrected chi connectivity index (χ3v) is 4.43. The molecule has 104 valence electrons. The Morgan fingerprint density at radius 3 is 2.74 bits per heavy atom. The molecule has 0 aromatic rings. The largest absolute Gasteiger partial charge is 0.339 e. The van der Waals surface area contributed by atoms with E-state index in [0.717, 1.165) is 6.54 Å². The van der Waals surface area contributed by atoms with Crippen LogP contribution in [0, 0.1) is 11.8 Å². The molecule has 3 aliphatic heterocycles. The van der Waals surface area contributed by atoms with Crippen molar-refractivity contribution in [1.82, 2.24) is 20.9 Å². The van der Waals surface area contributed by atoms with Crippen LogP contribution in [-0.2, 0) is 9.59 Å². The van der Waals surface area contributed by atoms with Gasteiger partial charge in [-0.25, -0.2) is 4.79 Å². The summed E-state index contributed by atoms with van der Waals surface area (Å²) in [5.41, 5.74) is -0.901. The number of imide groups is 1. The first kappa shape index (κ1) is 12.4. The molecule has 0 radical (unpaired) electrons. The van der Waals surface area contributed by atoms with Gasteiger partial charge in [0.1, 0.15) is 5.54 Å². The van der Waals surface area contributed by atoms with Crippen molar-refractivity contribution in [2.24, 2.45) is 11.8 Å². The summed E-state index contributed by atoms with van der Waals surface area (Å²) in [6.07, 6.45) is 0.491. The van der Waals surface area contributed by atoms with Crippen LogP contribution in [-0.4, -0.2) is 54.5 Å². The minimum absolute atomic E-state index is 0.0182. The molecule has 0 aromatic carbocycles. The van der Waals surface area contributed by atoms with E-state index < -0.39 is 11.6 Å². The molecule has 3 unspecified atom stereocenters. The van der Waals surface area contributed by atoms with Crippen molar-refractivity contribution in [1.29, 1.82) is 0 Å². The molecule has 0 aliphatic carbocycles. The summed E-state index contributed by atoms with van der Waals surface area (Å²) >= 11 is 0. The number of urea groups is 1. The van der Waals surface area contributed by atoms with Gasteiger partial charge >= 0.3 is 6.03 Å². The molecule has 3 saturated heterocycles. The van der Waals surface area contributed by atoms with Crippen molar-refractivity contribution in [2.45, 2.75) is 18.9 Å². The minimum atomic E-state index is -0.901. The van der Waals surface area contributed by atoms with E-state index in [0.29, 0.717) is 25.4 Å². The second-order valence-corrected chi connectivity index (χ2v) is 5.74. The first-order chi connectivity index (χ1) is 9.02. The summed E-state index contributed by atoms with van der Waals surface area (Å²) in [4.78, 5) is 37.2. The molecule has 3 N–H and O–H groups in total. The lowest BCUT2D eigenvalue weighted by Gasteiger charge is -2.24. The number of nitrogens with zero attached hydrogens (tertiary/aromatic N) is 1. The number of nitrogens with one attached hydrogen (secondary N) is 3. The average Bonchev–Trinajstić information content (AvgIpc) is 3.01. The molecule has 7 heteroatoms. The zero-order chi connectivity index (χ0) is 13.6. The maximum Gasteiger partial charge on any atom is 0.322 e. The third kappa shape index (κ3) is 1.88. The second kappa shape index (κ2) is 4.19. The van der Waals surface area contributed by atoms with Gasteiger partial charge < -0.3 is 15.5 Å². The van der Waals surface area contributed by atoms with Crippen LogP contribution in [0.2, 0.25) is 0 Å². The fourth-order valence-electron chi connectivity index (χ4n) is 3.19. The Kier molecular flexibility index (Phi) is 2.74. The number of likely N-dealkylation sites (tertiary alicyclic amines) is 1. The van der Waals surface area contributed by atoms with E-state index in [1.54, 1.807) is 4.90 Å². The summed E-state index contributed by atoms with van der Waals surface area (Å²) in [6.45, 7) is 4.41. The number of amides is 4. The molecular weight excluding hydrogens is 248 g/mol. The van der Waals surface area contributed by atoms with Crippen molar-refractivity contribution in [3.63, 3.8) is 0 Å². The van der Waals surface area contributed by atoms with Crippen LogP contribution in [0.4, 0.5) is 4.79 Å². The SMILES string of the molecule is CC1CNCC1C(=O)N1CCC2(C1)NC(=O)NC2=O. The summed E-state index contributed by atoms with van der Waals surface area (Å²) in [6, 6.07) is -0.463. The van der Waals surface area contributed by atoms with Crippen LogP contribution in [0.5, 0.6) is 0 Å². The first-order valence-corrected chi connectivity index (χ1v) is 6.65. The monoisotopic (exact) mass is 266 g/mol. The zero-order valence-electron chi connectivity index (χ0n) is 10.9. The Bertz CT molecular complexity index is 452. The fourth-order valence-corrected chi connectivity index (χ4v) is 3.19. The molecule has 0 saturated carbocycles. The maximum atomic E-state index is 12.4. The Labute approximate surface area is 111 Å². The fraction of sp³-hybridized carbons (Fsp3) is 0.750. The van der Waals surface area contributed by atoms with Crippen LogP contribution >= 0.6 is 0 Å². The predicted molar refractivity (Wildman–Crippen MR) is 66.1 cm³/mol. The third-order valence-electron chi connectivity index (χ3n) is 4.43. The van der Waals surface area contributed by atoms with E-state index in [9.17, 15) is 14.4 Å². The molecule has 3 atom stereocenters. The van der Waals surface area contributed by atoms with Crippen molar-refractivity contribution < 1.29 is 14.4 Å². The van der Waals surface area contributed by atoms with E-state index >= 15 is 0 Å². The van der Waals surface area contributed by atoms with Crippen LogP contribution in [0.3, 0.4) is 0 Å². The zero-order valence-corrected chi connectivity index (χ0v) is 10.9.